The summed E-state index contributed by atoms with van der Waals surface area (Å²) in [4.78, 5) is 4.20. The van der Waals surface area contributed by atoms with E-state index in [2.05, 4.69) is 54.6 Å². The van der Waals surface area contributed by atoms with Crippen LogP contribution in [-0.4, -0.2) is 11.2 Å². The van der Waals surface area contributed by atoms with E-state index in [0.29, 0.717) is 83.2 Å². The Hall–Kier alpha value is -7.72. The van der Waals surface area contributed by atoms with Crippen molar-refractivity contribution in [1.29, 1.82) is 42.1 Å². The molecule has 5 heterocycles. The van der Waals surface area contributed by atoms with E-state index in [-0.39, 0.29) is 17.4 Å². The molecule has 1 unspecified atom stereocenters. The first kappa shape index (κ1) is 43.8. The number of thiophene rings is 3. The lowest BCUT2D eigenvalue weighted by atomic mass is 9.93. The Morgan fingerprint density at radius 3 is 1.66 bits per heavy atom. The molecule has 0 saturated carbocycles. The highest BCUT2D eigenvalue weighted by Crippen LogP contribution is 2.44. The molecule has 6 rings (SSSR count). The van der Waals surface area contributed by atoms with Crippen molar-refractivity contribution in [1.82, 2.24) is 0 Å². The molecule has 0 aromatic carbocycles. The van der Waals surface area contributed by atoms with Crippen molar-refractivity contribution in [3.8, 4) is 58.3 Å². The summed E-state index contributed by atoms with van der Waals surface area (Å²) in [6.07, 6.45) is 14.1. The zero-order valence-electron chi connectivity index (χ0n) is 34.5. The Kier molecular flexibility index (Phi) is 12.6. The Balaban J connectivity index is 1.22. The lowest BCUT2D eigenvalue weighted by molar-refractivity contribution is 0.0945. The minimum atomic E-state index is -0.824. The topological polar surface area (TPSA) is 209 Å². The zero-order valence-corrected chi connectivity index (χ0v) is 36.9. The smallest absolute Gasteiger partial charge is 0.152 e. The summed E-state index contributed by atoms with van der Waals surface area (Å²) in [5, 5.41) is 79.3. The SMILES string of the molecule is CC(C#N)=C1OC(C)(C)C(C=CC2=CCC(C(C#N)=Cc3sc(-c4cc(C#N)c(C=C(C#N)c5ccc(C=CC6=C(C#N)C(=C(C)C#N)OC6(C)C)s5)s4)cc3C#N)C2)=C1C#N. The Bertz CT molecular complexity index is 3090. The lowest BCUT2D eigenvalue weighted by Crippen LogP contribution is -2.20. The first-order chi connectivity index (χ1) is 29.6. The fourth-order valence-corrected chi connectivity index (χ4v) is 10.2. The van der Waals surface area contributed by atoms with E-state index >= 15 is 0 Å². The maximum Gasteiger partial charge on any atom is 0.152 e. The quantitative estimate of drug-likeness (QED) is 0.186. The molecule has 0 spiro atoms. The minimum Gasteiger partial charge on any atom is -0.481 e. The summed E-state index contributed by atoms with van der Waals surface area (Å²) in [7, 11) is 0. The molecule has 0 radical (unpaired) electrons. The van der Waals surface area contributed by atoms with E-state index in [1.807, 2.05) is 58.1 Å². The highest BCUT2D eigenvalue weighted by molar-refractivity contribution is 7.23. The third kappa shape index (κ3) is 8.62. The third-order valence-electron chi connectivity index (χ3n) is 10.4. The molecule has 10 nitrogen and oxygen atoms in total. The number of rotatable bonds is 9. The van der Waals surface area contributed by atoms with Crippen LogP contribution in [0.5, 0.6) is 0 Å². The summed E-state index contributed by atoms with van der Waals surface area (Å²) in [5.41, 5.74) is 3.62. The van der Waals surface area contributed by atoms with Gasteiger partial charge in [0.15, 0.2) is 11.5 Å². The van der Waals surface area contributed by atoms with Crippen LogP contribution in [0.4, 0.5) is 0 Å². The van der Waals surface area contributed by atoms with Gasteiger partial charge in [-0.25, -0.2) is 0 Å². The molecular formula is C49H34N8O2S3. The molecular weight excluding hydrogens is 829 g/mol. The van der Waals surface area contributed by atoms with Gasteiger partial charge in [-0.05, 0) is 96.9 Å². The first-order valence-electron chi connectivity index (χ1n) is 19.0. The fourth-order valence-electron chi connectivity index (χ4n) is 7.16. The molecule has 3 aliphatic rings. The van der Waals surface area contributed by atoms with Gasteiger partial charge in [0.25, 0.3) is 0 Å². The van der Waals surface area contributed by atoms with Gasteiger partial charge in [0.05, 0.1) is 46.1 Å². The predicted molar refractivity (Wildman–Crippen MR) is 240 cm³/mol. The van der Waals surface area contributed by atoms with E-state index in [9.17, 15) is 42.1 Å². The number of nitriles is 8. The van der Waals surface area contributed by atoms with Gasteiger partial charge >= 0.3 is 0 Å². The van der Waals surface area contributed by atoms with Crippen molar-refractivity contribution in [2.45, 2.75) is 65.6 Å². The Labute approximate surface area is 372 Å². The zero-order chi connectivity index (χ0) is 44.9. The van der Waals surface area contributed by atoms with Crippen molar-refractivity contribution < 1.29 is 9.47 Å². The second kappa shape index (κ2) is 17.9. The predicted octanol–water partition coefficient (Wildman–Crippen LogP) is 12.0. The van der Waals surface area contributed by atoms with Gasteiger partial charge in [-0.3, -0.25) is 0 Å². The van der Waals surface area contributed by atoms with Crippen LogP contribution in [-0.2, 0) is 9.47 Å². The molecule has 0 bridgehead atoms. The van der Waals surface area contributed by atoms with Gasteiger partial charge in [0.1, 0.15) is 52.7 Å². The number of hydrogen-bond donors (Lipinski definition) is 0. The van der Waals surface area contributed by atoms with Gasteiger partial charge in [0, 0.05) is 51.9 Å². The van der Waals surface area contributed by atoms with E-state index in [1.165, 1.54) is 34.0 Å². The lowest BCUT2D eigenvalue weighted by Gasteiger charge is -2.20. The van der Waals surface area contributed by atoms with Gasteiger partial charge in [-0.15, -0.1) is 34.0 Å². The fraction of sp³-hybridized carbons (Fsp3) is 0.224. The Morgan fingerprint density at radius 2 is 1.18 bits per heavy atom. The first-order valence-corrected chi connectivity index (χ1v) is 21.5. The average molecular weight is 863 g/mol. The van der Waals surface area contributed by atoms with Crippen molar-refractivity contribution >= 4 is 57.8 Å². The summed E-state index contributed by atoms with van der Waals surface area (Å²) in [5.74, 6) is 0.441. The number of allylic oxidation sites excluding steroid dienone is 9. The molecule has 3 aromatic heterocycles. The van der Waals surface area contributed by atoms with Crippen molar-refractivity contribution in [3.05, 3.63) is 135 Å². The summed E-state index contributed by atoms with van der Waals surface area (Å²) >= 11 is 4.05. The van der Waals surface area contributed by atoms with Crippen LogP contribution in [0.2, 0.25) is 0 Å². The second-order valence-corrected chi connectivity index (χ2v) is 18.6. The molecule has 3 aromatic rings. The van der Waals surface area contributed by atoms with Gasteiger partial charge in [0.2, 0.25) is 0 Å². The molecule has 0 fully saturated rings. The average Bonchev–Trinajstić information content (AvgIpc) is 4.12. The maximum atomic E-state index is 10.3. The highest BCUT2D eigenvalue weighted by Gasteiger charge is 2.39. The van der Waals surface area contributed by atoms with Crippen LogP contribution in [0.15, 0.2) is 105 Å². The van der Waals surface area contributed by atoms with Gasteiger partial charge < -0.3 is 9.47 Å². The van der Waals surface area contributed by atoms with Crippen LogP contribution >= 0.6 is 34.0 Å². The summed E-state index contributed by atoms with van der Waals surface area (Å²) in [6.45, 7) is 10.6. The van der Waals surface area contributed by atoms with E-state index in [0.717, 1.165) is 20.2 Å². The maximum absolute atomic E-state index is 10.3. The normalized spacial score (nSPS) is 19.6. The molecule has 62 heavy (non-hydrogen) atoms. The molecule has 2 aliphatic heterocycles. The molecule has 1 atom stereocenters. The molecule has 13 heteroatoms. The van der Waals surface area contributed by atoms with E-state index in [1.54, 1.807) is 44.2 Å². The summed E-state index contributed by atoms with van der Waals surface area (Å²) < 4.78 is 12.0. The number of nitrogens with zero attached hydrogens (tertiary/aromatic N) is 8. The van der Waals surface area contributed by atoms with Crippen molar-refractivity contribution in [3.63, 3.8) is 0 Å². The largest absolute Gasteiger partial charge is 0.481 e. The Morgan fingerprint density at radius 1 is 0.645 bits per heavy atom. The van der Waals surface area contributed by atoms with Crippen LogP contribution in [0.3, 0.4) is 0 Å². The van der Waals surface area contributed by atoms with Crippen LogP contribution < -0.4 is 0 Å². The van der Waals surface area contributed by atoms with Gasteiger partial charge in [-0.2, -0.15) is 42.1 Å². The van der Waals surface area contributed by atoms with E-state index in [4.69, 9.17) is 9.47 Å². The molecule has 1 aliphatic carbocycles. The summed E-state index contributed by atoms with van der Waals surface area (Å²) in [6, 6.07) is 24.8. The monoisotopic (exact) mass is 862 g/mol. The third-order valence-corrected chi connectivity index (χ3v) is 13.9. The molecule has 0 N–H and O–H groups in total. The van der Waals surface area contributed by atoms with Crippen LogP contribution in [0, 0.1) is 96.6 Å². The molecule has 300 valence electrons. The van der Waals surface area contributed by atoms with Crippen LogP contribution in [0.25, 0.3) is 33.6 Å². The standard InChI is InChI=1S/C49H34N8O2S3/c1-28(20-50)46-37(26-56)39(48(3,4)58-46)12-8-30-7-9-31(15-30)32(22-52)16-42-34(24-54)18-44(61-42)45-19-35(25-55)43(62-45)17-33(23-53)41-14-11-36(60-41)10-13-40-38(27-57)47(29(2)21-51)59-49(40,5)6/h7-8,10-14,16-19,31H,9,15H2,1-6H3. The molecule has 0 saturated heterocycles. The van der Waals surface area contributed by atoms with Crippen molar-refractivity contribution in [2.24, 2.45) is 5.92 Å². The van der Waals surface area contributed by atoms with E-state index < -0.39 is 11.2 Å². The second-order valence-electron chi connectivity index (χ2n) is 15.3. The number of hydrogen-bond acceptors (Lipinski definition) is 13. The highest BCUT2D eigenvalue weighted by atomic mass is 32.1. The molecule has 0 amide bonds. The van der Waals surface area contributed by atoms with Crippen molar-refractivity contribution in [2.75, 3.05) is 0 Å². The number of ether oxygens (including phenoxy) is 2. The minimum absolute atomic E-state index is 0.119. The van der Waals surface area contributed by atoms with Crippen LogP contribution in [0.1, 0.15) is 85.0 Å². The van der Waals surface area contributed by atoms with Gasteiger partial charge in [-0.1, -0.05) is 29.9 Å².